The van der Waals surface area contributed by atoms with Crippen molar-refractivity contribution in [1.29, 1.82) is 0 Å². The number of anilines is 1. The van der Waals surface area contributed by atoms with Gasteiger partial charge >= 0.3 is 5.97 Å². The number of nitrogens with zero attached hydrogens (tertiary/aromatic N) is 1. The summed E-state index contributed by atoms with van der Waals surface area (Å²) in [6.45, 7) is 1.90. The highest BCUT2D eigenvalue weighted by atomic mass is 32.1. The fourth-order valence-electron chi connectivity index (χ4n) is 1.54. The zero-order valence-corrected chi connectivity index (χ0v) is 8.73. The third-order valence-corrected chi connectivity index (χ3v) is 3.46. The highest BCUT2D eigenvalue weighted by Crippen LogP contribution is 2.36. The van der Waals surface area contributed by atoms with Gasteiger partial charge in [-0.05, 0) is 26.2 Å². The Kier molecular flexibility index (Phi) is 2.19. The fraction of sp³-hybridized carbons (Fsp3) is 0.556. The highest BCUT2D eigenvalue weighted by Gasteiger charge is 2.44. The molecule has 0 spiro atoms. The molecule has 0 aromatic carbocycles. The van der Waals surface area contributed by atoms with E-state index in [4.69, 9.17) is 5.11 Å². The Morgan fingerprint density at radius 3 is 2.79 bits per heavy atom. The number of aryl methyl sites for hydroxylation is 1. The first kappa shape index (κ1) is 9.45. The molecule has 0 aliphatic heterocycles. The number of aromatic nitrogens is 1. The molecule has 76 valence electrons. The van der Waals surface area contributed by atoms with Crippen LogP contribution in [-0.2, 0) is 4.79 Å². The van der Waals surface area contributed by atoms with E-state index in [0.29, 0.717) is 18.0 Å². The zero-order valence-electron chi connectivity index (χ0n) is 7.91. The molecule has 0 saturated heterocycles. The molecule has 2 rings (SSSR count). The summed E-state index contributed by atoms with van der Waals surface area (Å²) in [5.74, 6) is -0.767. The van der Waals surface area contributed by atoms with Crippen LogP contribution in [-0.4, -0.2) is 21.6 Å². The van der Waals surface area contributed by atoms with Crippen molar-refractivity contribution in [2.45, 2.75) is 31.7 Å². The second-order valence-corrected chi connectivity index (χ2v) is 4.52. The minimum absolute atomic E-state index is 0.695. The second-order valence-electron chi connectivity index (χ2n) is 3.66. The maximum atomic E-state index is 11.0. The van der Waals surface area contributed by atoms with E-state index in [2.05, 4.69) is 10.3 Å². The van der Waals surface area contributed by atoms with Crippen LogP contribution in [0.5, 0.6) is 0 Å². The Bertz CT molecular complexity index is 357. The molecular formula is C9H12N2O2S. The summed E-state index contributed by atoms with van der Waals surface area (Å²) in [4.78, 5) is 15.2. The van der Waals surface area contributed by atoms with Crippen LogP contribution in [0, 0.1) is 6.92 Å². The van der Waals surface area contributed by atoms with Crippen LogP contribution < -0.4 is 5.32 Å². The van der Waals surface area contributed by atoms with Crippen molar-refractivity contribution >= 4 is 22.4 Å². The molecule has 5 heteroatoms. The lowest BCUT2D eigenvalue weighted by Gasteiger charge is -2.38. The van der Waals surface area contributed by atoms with Gasteiger partial charge in [-0.2, -0.15) is 0 Å². The Balaban J connectivity index is 2.12. The molecular weight excluding hydrogens is 200 g/mol. The number of thiazole rings is 1. The Hall–Kier alpha value is -1.10. The molecule has 1 aliphatic rings. The molecule has 1 heterocycles. The van der Waals surface area contributed by atoms with Crippen molar-refractivity contribution in [2.24, 2.45) is 0 Å². The summed E-state index contributed by atoms with van der Waals surface area (Å²) < 4.78 is 0. The van der Waals surface area contributed by atoms with E-state index in [9.17, 15) is 4.79 Å². The van der Waals surface area contributed by atoms with Gasteiger partial charge in [0.15, 0.2) is 5.13 Å². The summed E-state index contributed by atoms with van der Waals surface area (Å²) in [5.41, 5.74) is 0.182. The monoisotopic (exact) mass is 212 g/mol. The number of nitrogens with one attached hydrogen (secondary N) is 1. The van der Waals surface area contributed by atoms with Gasteiger partial charge in [-0.25, -0.2) is 9.78 Å². The third kappa shape index (κ3) is 1.48. The molecule has 0 atom stereocenters. The van der Waals surface area contributed by atoms with Crippen LogP contribution in [0.3, 0.4) is 0 Å². The van der Waals surface area contributed by atoms with Crippen LogP contribution in [0.1, 0.15) is 25.0 Å². The number of hydrogen-bond acceptors (Lipinski definition) is 4. The maximum Gasteiger partial charge on any atom is 0.329 e. The van der Waals surface area contributed by atoms with Gasteiger partial charge in [-0.15, -0.1) is 11.3 Å². The normalized spacial score (nSPS) is 18.6. The van der Waals surface area contributed by atoms with Crippen molar-refractivity contribution in [3.8, 4) is 0 Å². The van der Waals surface area contributed by atoms with E-state index in [1.165, 1.54) is 11.3 Å². The predicted molar refractivity (Wildman–Crippen MR) is 54.7 cm³/mol. The van der Waals surface area contributed by atoms with Crippen LogP contribution in [0.4, 0.5) is 5.13 Å². The molecule has 1 aromatic rings. The van der Waals surface area contributed by atoms with Crippen LogP contribution in [0.2, 0.25) is 0 Å². The number of carboxylic acid groups (broad SMARTS) is 1. The Morgan fingerprint density at radius 2 is 2.43 bits per heavy atom. The number of carboxylic acids is 1. The van der Waals surface area contributed by atoms with Crippen molar-refractivity contribution in [3.05, 3.63) is 11.1 Å². The number of hydrogen-bond donors (Lipinski definition) is 2. The maximum absolute atomic E-state index is 11.0. The van der Waals surface area contributed by atoms with Crippen molar-refractivity contribution in [1.82, 2.24) is 4.98 Å². The van der Waals surface area contributed by atoms with Crippen LogP contribution in [0.15, 0.2) is 5.38 Å². The lowest BCUT2D eigenvalue weighted by atomic mass is 9.77. The van der Waals surface area contributed by atoms with Crippen LogP contribution in [0.25, 0.3) is 0 Å². The summed E-state index contributed by atoms with van der Waals surface area (Å²) in [6.07, 6.45) is 2.37. The van der Waals surface area contributed by atoms with Gasteiger partial charge in [-0.3, -0.25) is 0 Å². The van der Waals surface area contributed by atoms with Gasteiger partial charge in [0.25, 0.3) is 0 Å². The highest BCUT2D eigenvalue weighted by molar-refractivity contribution is 7.13. The fourth-order valence-corrected chi connectivity index (χ4v) is 2.32. The number of carbonyl (C=O) groups is 1. The summed E-state index contributed by atoms with van der Waals surface area (Å²) in [5, 5.41) is 14.7. The molecule has 0 amide bonds. The topological polar surface area (TPSA) is 62.2 Å². The van der Waals surface area contributed by atoms with Gasteiger partial charge in [0.2, 0.25) is 0 Å². The number of rotatable bonds is 3. The molecule has 1 saturated carbocycles. The van der Waals surface area contributed by atoms with E-state index in [0.717, 1.165) is 12.1 Å². The van der Waals surface area contributed by atoms with E-state index in [1.807, 2.05) is 12.3 Å². The lowest BCUT2D eigenvalue weighted by Crippen LogP contribution is -2.52. The summed E-state index contributed by atoms with van der Waals surface area (Å²) in [6, 6.07) is 0. The summed E-state index contributed by atoms with van der Waals surface area (Å²) >= 11 is 1.46. The van der Waals surface area contributed by atoms with Gasteiger partial charge in [0.1, 0.15) is 5.54 Å². The molecule has 2 N–H and O–H groups in total. The second kappa shape index (κ2) is 3.24. The molecule has 14 heavy (non-hydrogen) atoms. The minimum Gasteiger partial charge on any atom is -0.480 e. The van der Waals surface area contributed by atoms with Gasteiger partial charge in [0, 0.05) is 5.38 Å². The van der Waals surface area contributed by atoms with E-state index >= 15 is 0 Å². The average Bonchev–Trinajstić information content (AvgIpc) is 2.43. The summed E-state index contributed by atoms with van der Waals surface area (Å²) in [7, 11) is 0. The lowest BCUT2D eigenvalue weighted by molar-refractivity contribution is -0.145. The molecule has 4 nitrogen and oxygen atoms in total. The first-order valence-corrected chi connectivity index (χ1v) is 5.44. The van der Waals surface area contributed by atoms with Gasteiger partial charge < -0.3 is 10.4 Å². The largest absolute Gasteiger partial charge is 0.480 e. The standard InChI is InChI=1S/C9H12N2O2S/c1-6-5-14-8(10-6)11-9(7(12)13)3-2-4-9/h5H,2-4H2,1H3,(H,10,11)(H,12,13). The quantitative estimate of drug-likeness (QED) is 0.803. The molecule has 1 aliphatic carbocycles. The molecule has 1 fully saturated rings. The average molecular weight is 212 g/mol. The van der Waals surface area contributed by atoms with Crippen molar-refractivity contribution < 1.29 is 9.90 Å². The Morgan fingerprint density at radius 1 is 1.71 bits per heavy atom. The first-order chi connectivity index (χ1) is 6.62. The van der Waals surface area contributed by atoms with Crippen molar-refractivity contribution in [3.63, 3.8) is 0 Å². The van der Waals surface area contributed by atoms with E-state index < -0.39 is 11.5 Å². The number of aliphatic carboxylic acids is 1. The zero-order chi connectivity index (χ0) is 10.2. The molecule has 1 aromatic heterocycles. The molecule has 0 radical (unpaired) electrons. The smallest absolute Gasteiger partial charge is 0.329 e. The van der Waals surface area contributed by atoms with Crippen molar-refractivity contribution in [2.75, 3.05) is 5.32 Å². The predicted octanol–water partition coefficient (Wildman–Crippen LogP) is 1.87. The third-order valence-electron chi connectivity index (χ3n) is 2.58. The molecule has 0 bridgehead atoms. The molecule has 0 unspecified atom stereocenters. The Labute approximate surface area is 86.0 Å². The minimum atomic E-state index is -0.767. The van der Waals surface area contributed by atoms with Gasteiger partial charge in [-0.1, -0.05) is 0 Å². The SMILES string of the molecule is Cc1csc(NC2(C(=O)O)CCC2)n1. The van der Waals surface area contributed by atoms with Crippen LogP contribution >= 0.6 is 11.3 Å². The van der Waals surface area contributed by atoms with Gasteiger partial charge in [0.05, 0.1) is 5.69 Å². The van der Waals surface area contributed by atoms with E-state index in [-0.39, 0.29) is 0 Å². The first-order valence-electron chi connectivity index (χ1n) is 4.56. The van der Waals surface area contributed by atoms with E-state index in [1.54, 1.807) is 0 Å².